The molecule has 30 heavy (non-hydrogen) atoms. The number of ketones is 1. The number of esters is 1. The van der Waals surface area contributed by atoms with E-state index in [4.69, 9.17) is 27.3 Å². The number of anilines is 1. The third kappa shape index (κ3) is 5.56. The summed E-state index contributed by atoms with van der Waals surface area (Å²) in [4.78, 5) is 34.9. The number of ether oxygens (including phenoxy) is 1. The van der Waals surface area contributed by atoms with Crippen molar-refractivity contribution >= 4 is 34.7 Å². The molecule has 0 spiro atoms. The number of carbonyl (C=O) groups is 2. The minimum absolute atomic E-state index is 0.00371. The van der Waals surface area contributed by atoms with Crippen molar-refractivity contribution in [2.24, 2.45) is 5.73 Å². The second kappa shape index (κ2) is 10.0. The highest BCUT2D eigenvalue weighted by molar-refractivity contribution is 6.31. The molecule has 0 bridgehead atoms. The van der Waals surface area contributed by atoms with Gasteiger partial charge >= 0.3 is 5.97 Å². The first kappa shape index (κ1) is 22.4. The molecule has 10 heteroatoms. The fraction of sp³-hybridized carbons (Fsp3) is 0.150. The van der Waals surface area contributed by atoms with Gasteiger partial charge in [0.25, 0.3) is 5.69 Å². The lowest BCUT2D eigenvalue weighted by atomic mass is 10.1. The minimum atomic E-state index is -0.972. The van der Waals surface area contributed by atoms with Crippen molar-refractivity contribution in [2.75, 3.05) is 11.9 Å². The summed E-state index contributed by atoms with van der Waals surface area (Å²) in [6.45, 7) is 0.878. The molecule has 0 fully saturated rings. The molecular weight excluding hydrogens is 412 g/mol. The van der Waals surface area contributed by atoms with E-state index < -0.39 is 23.3 Å². The number of non-ortho nitro benzene ring substituents is 1. The molecule has 0 atom stereocenters. The molecule has 0 radical (unpaired) electrons. The van der Waals surface area contributed by atoms with Crippen LogP contribution in [0.3, 0.4) is 0 Å². The Hall–Kier alpha value is -3.90. The maximum absolute atomic E-state index is 12.5. The van der Waals surface area contributed by atoms with Crippen LogP contribution in [0.5, 0.6) is 0 Å². The van der Waals surface area contributed by atoms with Gasteiger partial charge in [0.2, 0.25) is 5.78 Å². The van der Waals surface area contributed by atoms with Crippen LogP contribution in [-0.4, -0.2) is 23.3 Å². The van der Waals surface area contributed by atoms with Gasteiger partial charge in [0.15, 0.2) is 6.61 Å². The summed E-state index contributed by atoms with van der Waals surface area (Å²) >= 11 is 6.11. The van der Waals surface area contributed by atoms with Crippen molar-refractivity contribution in [3.05, 3.63) is 80.0 Å². The van der Waals surface area contributed by atoms with Crippen molar-refractivity contribution < 1.29 is 19.2 Å². The van der Waals surface area contributed by atoms with E-state index in [9.17, 15) is 19.7 Å². The minimum Gasteiger partial charge on any atom is -0.454 e. The number of rotatable bonds is 8. The van der Waals surface area contributed by atoms with Crippen LogP contribution in [0.1, 0.15) is 22.8 Å². The van der Waals surface area contributed by atoms with Gasteiger partial charge in [-0.25, -0.2) is 4.79 Å². The van der Waals surface area contributed by atoms with Crippen LogP contribution in [0.15, 0.2) is 53.7 Å². The summed E-state index contributed by atoms with van der Waals surface area (Å²) < 4.78 is 4.96. The lowest BCUT2D eigenvalue weighted by Gasteiger charge is -2.12. The van der Waals surface area contributed by atoms with Crippen LogP contribution in [0.2, 0.25) is 5.02 Å². The molecule has 0 unspecified atom stereocenters. The summed E-state index contributed by atoms with van der Waals surface area (Å²) in [5.41, 5.74) is 5.65. The Balaban J connectivity index is 2.24. The average molecular weight is 429 g/mol. The van der Waals surface area contributed by atoms with Gasteiger partial charge in [-0.2, -0.15) is 5.26 Å². The van der Waals surface area contributed by atoms with E-state index in [1.807, 2.05) is 0 Å². The van der Waals surface area contributed by atoms with Crippen molar-refractivity contribution in [2.45, 2.75) is 13.5 Å². The third-order valence-electron chi connectivity index (χ3n) is 3.98. The molecule has 0 aliphatic heterocycles. The Morgan fingerprint density at radius 2 is 2.00 bits per heavy atom. The molecule has 154 valence electrons. The van der Waals surface area contributed by atoms with E-state index >= 15 is 0 Å². The first-order valence-corrected chi connectivity index (χ1v) is 8.95. The summed E-state index contributed by atoms with van der Waals surface area (Å²) in [6.07, 6.45) is 0. The van der Waals surface area contributed by atoms with Gasteiger partial charge in [-0.15, -0.1) is 0 Å². The van der Waals surface area contributed by atoms with E-state index in [0.29, 0.717) is 5.02 Å². The molecule has 0 amide bonds. The highest BCUT2D eigenvalue weighted by Crippen LogP contribution is 2.25. The molecule has 2 aromatic rings. The topological polar surface area (TPSA) is 148 Å². The number of carbonyl (C=O) groups excluding carboxylic acids is 2. The maximum Gasteiger partial charge on any atom is 0.340 e. The van der Waals surface area contributed by atoms with Gasteiger partial charge in [0.05, 0.1) is 10.5 Å². The number of nitro groups is 1. The zero-order chi connectivity index (χ0) is 22.3. The number of nitrogens with zero attached hydrogens (tertiary/aromatic N) is 2. The smallest absolute Gasteiger partial charge is 0.340 e. The number of nitro benzene ring substituents is 1. The predicted molar refractivity (Wildman–Crippen MR) is 110 cm³/mol. The standard InChI is InChI=1S/C20H17ClN4O5/c1-12(23)16(9-22)19(26)11-30-20(27)15-8-14(25(28)29)6-7-18(15)24-10-13-4-2-3-5-17(13)21/h2-8,24H,10-11,23H2,1H3/b16-12-. The molecule has 3 N–H and O–H groups in total. The highest BCUT2D eigenvalue weighted by atomic mass is 35.5. The summed E-state index contributed by atoms with van der Waals surface area (Å²) in [5.74, 6) is -1.75. The predicted octanol–water partition coefficient (Wildman–Crippen LogP) is 3.34. The van der Waals surface area contributed by atoms with E-state index in [2.05, 4.69) is 5.32 Å². The van der Waals surface area contributed by atoms with Gasteiger partial charge in [-0.1, -0.05) is 29.8 Å². The van der Waals surface area contributed by atoms with E-state index in [1.54, 1.807) is 30.3 Å². The number of nitrogens with one attached hydrogen (secondary N) is 1. The normalized spacial score (nSPS) is 11.1. The second-order valence-corrected chi connectivity index (χ2v) is 6.51. The number of nitrogens with two attached hydrogens (primary N) is 1. The van der Waals surface area contributed by atoms with Gasteiger partial charge in [0, 0.05) is 35.1 Å². The SMILES string of the molecule is C/C(N)=C(\C#N)C(=O)COC(=O)c1cc([N+](=O)[O-])ccc1NCc1ccccc1Cl. The van der Waals surface area contributed by atoms with E-state index in [-0.39, 0.29) is 34.8 Å². The van der Waals surface area contributed by atoms with Crippen LogP contribution in [0.4, 0.5) is 11.4 Å². The molecule has 9 nitrogen and oxygen atoms in total. The first-order chi connectivity index (χ1) is 14.2. The zero-order valence-electron chi connectivity index (χ0n) is 15.8. The molecule has 0 aliphatic carbocycles. The lowest BCUT2D eigenvalue weighted by Crippen LogP contribution is -2.18. The van der Waals surface area contributed by atoms with Crippen LogP contribution in [0, 0.1) is 21.4 Å². The van der Waals surface area contributed by atoms with Gasteiger partial charge in [-0.3, -0.25) is 14.9 Å². The zero-order valence-corrected chi connectivity index (χ0v) is 16.6. The van der Waals surface area contributed by atoms with Crippen molar-refractivity contribution in [1.82, 2.24) is 0 Å². The Kier molecular flexibility index (Phi) is 7.50. The number of halogens is 1. The largest absolute Gasteiger partial charge is 0.454 e. The third-order valence-corrected chi connectivity index (χ3v) is 4.35. The maximum atomic E-state index is 12.5. The molecule has 2 aromatic carbocycles. The molecule has 0 aliphatic rings. The van der Waals surface area contributed by atoms with Crippen molar-refractivity contribution in [3.8, 4) is 6.07 Å². The first-order valence-electron chi connectivity index (χ1n) is 8.57. The number of nitriles is 1. The highest BCUT2D eigenvalue weighted by Gasteiger charge is 2.20. The number of Topliss-reactive ketones (excluding diaryl/α,β-unsaturated/α-hetero) is 1. The Morgan fingerprint density at radius 3 is 2.60 bits per heavy atom. The van der Waals surface area contributed by atoms with Crippen molar-refractivity contribution in [3.63, 3.8) is 0 Å². The average Bonchev–Trinajstić information content (AvgIpc) is 2.71. The molecule has 0 heterocycles. The van der Waals surface area contributed by atoms with E-state index in [1.165, 1.54) is 19.1 Å². The summed E-state index contributed by atoms with van der Waals surface area (Å²) in [6, 6.07) is 12.3. The summed E-state index contributed by atoms with van der Waals surface area (Å²) in [5, 5.41) is 23.5. The van der Waals surface area contributed by atoms with Crippen molar-refractivity contribution in [1.29, 1.82) is 5.26 Å². The number of benzene rings is 2. The molecule has 0 saturated heterocycles. The quantitative estimate of drug-likeness (QED) is 0.214. The monoisotopic (exact) mass is 428 g/mol. The fourth-order valence-corrected chi connectivity index (χ4v) is 2.66. The Morgan fingerprint density at radius 1 is 1.30 bits per heavy atom. The Labute approximate surface area is 176 Å². The number of allylic oxidation sites excluding steroid dienone is 1. The molecular formula is C20H17ClN4O5. The van der Waals surface area contributed by atoms with Crippen LogP contribution < -0.4 is 11.1 Å². The lowest BCUT2D eigenvalue weighted by molar-refractivity contribution is -0.384. The van der Waals surface area contributed by atoms with Crippen LogP contribution in [-0.2, 0) is 16.1 Å². The fourth-order valence-electron chi connectivity index (χ4n) is 2.45. The number of hydrogen-bond acceptors (Lipinski definition) is 8. The number of hydrogen-bond donors (Lipinski definition) is 2. The van der Waals surface area contributed by atoms with Crippen LogP contribution in [0.25, 0.3) is 0 Å². The van der Waals surface area contributed by atoms with Crippen LogP contribution >= 0.6 is 11.6 Å². The molecule has 2 rings (SSSR count). The second-order valence-electron chi connectivity index (χ2n) is 6.10. The van der Waals surface area contributed by atoms with Gasteiger partial charge in [-0.05, 0) is 24.6 Å². The Bertz CT molecular complexity index is 1070. The van der Waals surface area contributed by atoms with Gasteiger partial charge in [0.1, 0.15) is 11.6 Å². The van der Waals surface area contributed by atoms with E-state index in [0.717, 1.165) is 11.6 Å². The molecule has 0 saturated carbocycles. The molecule has 0 aromatic heterocycles. The summed E-state index contributed by atoms with van der Waals surface area (Å²) in [7, 11) is 0. The van der Waals surface area contributed by atoms with Gasteiger partial charge < -0.3 is 15.8 Å².